The zero-order chi connectivity index (χ0) is 17.1. The second kappa shape index (κ2) is 10.9. The third kappa shape index (κ3) is 8.47. The largest absolute Gasteiger partial charge is 0.480 e. The molecule has 10 heteroatoms. The number of hydrogen-bond donors (Lipinski definition) is 5. The summed E-state index contributed by atoms with van der Waals surface area (Å²) in [5.41, 5.74) is 10.2. The Morgan fingerprint density at radius 3 is 2.23 bits per heavy atom. The Bertz CT molecular complexity index is 418. The Labute approximate surface area is 132 Å². The number of nitrogens with one attached hydrogen (secondary N) is 2. The second-order valence-corrected chi connectivity index (χ2v) is 5.50. The lowest BCUT2D eigenvalue weighted by molar-refractivity contribution is -0.142. The number of carbonyl (C=O) groups excluding carboxylic acids is 3. The molecule has 0 radical (unpaired) electrons. The Kier molecular flexibility index (Phi) is 9.96. The highest BCUT2D eigenvalue weighted by atomic mass is 32.2. The smallest absolute Gasteiger partial charge is 0.326 e. The van der Waals surface area contributed by atoms with Gasteiger partial charge in [-0.2, -0.15) is 11.8 Å². The highest BCUT2D eigenvalue weighted by Crippen LogP contribution is 2.03. The molecule has 0 saturated heterocycles. The first-order valence-electron chi connectivity index (χ1n) is 6.61. The maximum absolute atomic E-state index is 12.1. The number of primary amides is 1. The summed E-state index contributed by atoms with van der Waals surface area (Å²) in [5, 5.41) is 13.8. The van der Waals surface area contributed by atoms with Gasteiger partial charge in [0.05, 0.1) is 6.54 Å². The van der Waals surface area contributed by atoms with Gasteiger partial charge in [0.15, 0.2) is 0 Å². The van der Waals surface area contributed by atoms with Crippen LogP contribution in [0.3, 0.4) is 0 Å². The minimum atomic E-state index is -1.17. The van der Waals surface area contributed by atoms with Gasteiger partial charge in [0.1, 0.15) is 12.1 Å². The molecule has 0 aromatic heterocycles. The van der Waals surface area contributed by atoms with E-state index in [0.29, 0.717) is 5.75 Å². The summed E-state index contributed by atoms with van der Waals surface area (Å²) in [4.78, 5) is 45.3. The minimum Gasteiger partial charge on any atom is -0.480 e. The van der Waals surface area contributed by atoms with Crippen molar-refractivity contribution in [1.29, 1.82) is 0 Å². The van der Waals surface area contributed by atoms with Crippen LogP contribution in [0.25, 0.3) is 0 Å². The number of rotatable bonds is 11. The zero-order valence-electron chi connectivity index (χ0n) is 12.3. The molecule has 0 saturated carbocycles. The molecule has 0 spiro atoms. The van der Waals surface area contributed by atoms with Gasteiger partial charge in [0.25, 0.3) is 0 Å². The van der Waals surface area contributed by atoms with E-state index in [0.717, 1.165) is 0 Å². The maximum Gasteiger partial charge on any atom is 0.326 e. The lowest BCUT2D eigenvalue weighted by Crippen LogP contribution is -2.52. The van der Waals surface area contributed by atoms with Crippen LogP contribution in [0.2, 0.25) is 0 Å². The zero-order valence-corrected chi connectivity index (χ0v) is 13.1. The van der Waals surface area contributed by atoms with Gasteiger partial charge in [-0.25, -0.2) is 4.79 Å². The van der Waals surface area contributed by atoms with E-state index in [4.69, 9.17) is 16.6 Å². The van der Waals surface area contributed by atoms with E-state index in [1.54, 1.807) is 0 Å². The van der Waals surface area contributed by atoms with Crippen molar-refractivity contribution in [3.05, 3.63) is 0 Å². The van der Waals surface area contributed by atoms with Crippen LogP contribution in [0.1, 0.15) is 19.3 Å². The molecule has 0 rings (SSSR count). The number of carbonyl (C=O) groups is 4. The summed E-state index contributed by atoms with van der Waals surface area (Å²) in [6.07, 6.45) is 1.92. The first-order chi connectivity index (χ1) is 10.3. The first-order valence-corrected chi connectivity index (χ1v) is 8.01. The van der Waals surface area contributed by atoms with E-state index in [2.05, 4.69) is 10.6 Å². The van der Waals surface area contributed by atoms with Gasteiger partial charge >= 0.3 is 5.97 Å². The Morgan fingerprint density at radius 1 is 1.14 bits per heavy atom. The Hall–Kier alpha value is -1.81. The van der Waals surface area contributed by atoms with Gasteiger partial charge in [-0.1, -0.05) is 0 Å². The molecule has 126 valence electrons. The third-order valence-electron chi connectivity index (χ3n) is 2.74. The number of nitrogens with two attached hydrogens (primary N) is 2. The molecule has 22 heavy (non-hydrogen) atoms. The standard InChI is InChI=1S/C12H22N4O5S/c1-22-5-4-8(12(20)21)16-11(19)7(2-3-9(14)17)15-10(18)6-13/h7-8H,2-6,13H2,1H3,(H2,14,17)(H,15,18)(H,16,19)(H,20,21). The Balaban J connectivity index is 4.79. The molecule has 7 N–H and O–H groups in total. The van der Waals surface area contributed by atoms with Gasteiger partial charge in [0, 0.05) is 6.42 Å². The lowest BCUT2D eigenvalue weighted by atomic mass is 10.1. The van der Waals surface area contributed by atoms with Gasteiger partial charge < -0.3 is 27.2 Å². The van der Waals surface area contributed by atoms with E-state index in [-0.39, 0.29) is 25.8 Å². The van der Waals surface area contributed by atoms with E-state index in [1.807, 2.05) is 6.26 Å². The van der Waals surface area contributed by atoms with Gasteiger partial charge in [-0.3, -0.25) is 14.4 Å². The molecular formula is C12H22N4O5S. The summed E-state index contributed by atoms with van der Waals surface area (Å²) >= 11 is 1.45. The van der Waals surface area contributed by atoms with Crippen LogP contribution in [0.4, 0.5) is 0 Å². The summed E-state index contributed by atoms with van der Waals surface area (Å²) < 4.78 is 0. The fourth-order valence-corrected chi connectivity index (χ4v) is 2.05. The fourth-order valence-electron chi connectivity index (χ4n) is 1.57. The van der Waals surface area contributed by atoms with Crippen molar-refractivity contribution in [3.63, 3.8) is 0 Å². The van der Waals surface area contributed by atoms with Gasteiger partial charge in [0.2, 0.25) is 17.7 Å². The maximum atomic E-state index is 12.1. The average Bonchev–Trinajstić information content (AvgIpc) is 2.46. The minimum absolute atomic E-state index is 0.0260. The van der Waals surface area contributed by atoms with Crippen LogP contribution in [0.15, 0.2) is 0 Å². The number of aliphatic carboxylic acids is 1. The van der Waals surface area contributed by atoms with E-state index >= 15 is 0 Å². The molecule has 0 aromatic carbocycles. The highest BCUT2D eigenvalue weighted by Gasteiger charge is 2.26. The van der Waals surface area contributed by atoms with Crippen molar-refractivity contribution >= 4 is 35.5 Å². The molecule has 0 heterocycles. The van der Waals surface area contributed by atoms with Crippen LogP contribution in [-0.4, -0.2) is 59.4 Å². The third-order valence-corrected chi connectivity index (χ3v) is 3.39. The molecule has 0 bridgehead atoms. The summed E-state index contributed by atoms with van der Waals surface area (Å²) in [7, 11) is 0. The number of carboxylic acids is 1. The molecular weight excluding hydrogens is 312 g/mol. The number of carboxylic acid groups (broad SMARTS) is 1. The molecule has 0 fully saturated rings. The van der Waals surface area contributed by atoms with Crippen molar-refractivity contribution in [1.82, 2.24) is 10.6 Å². The molecule has 2 unspecified atom stereocenters. The van der Waals surface area contributed by atoms with Crippen LogP contribution in [0.5, 0.6) is 0 Å². The predicted molar refractivity (Wildman–Crippen MR) is 82.0 cm³/mol. The quantitative estimate of drug-likeness (QED) is 0.292. The van der Waals surface area contributed by atoms with Crippen LogP contribution < -0.4 is 22.1 Å². The lowest BCUT2D eigenvalue weighted by Gasteiger charge is -2.20. The molecule has 2 atom stereocenters. The molecule has 0 aromatic rings. The van der Waals surface area contributed by atoms with Crippen molar-refractivity contribution in [2.24, 2.45) is 11.5 Å². The van der Waals surface area contributed by atoms with Crippen LogP contribution in [0, 0.1) is 0 Å². The van der Waals surface area contributed by atoms with Gasteiger partial charge in [-0.15, -0.1) is 0 Å². The summed E-state index contributed by atoms with van der Waals surface area (Å²) in [6, 6.07) is -2.12. The first kappa shape index (κ1) is 20.2. The van der Waals surface area contributed by atoms with E-state index in [9.17, 15) is 19.2 Å². The van der Waals surface area contributed by atoms with Crippen molar-refractivity contribution in [2.75, 3.05) is 18.6 Å². The number of hydrogen-bond acceptors (Lipinski definition) is 6. The van der Waals surface area contributed by atoms with E-state index in [1.165, 1.54) is 11.8 Å². The Morgan fingerprint density at radius 2 is 1.77 bits per heavy atom. The molecule has 0 aliphatic rings. The number of thioether (sulfide) groups is 1. The normalized spacial score (nSPS) is 13.0. The number of amides is 3. The highest BCUT2D eigenvalue weighted by molar-refractivity contribution is 7.98. The van der Waals surface area contributed by atoms with Crippen LogP contribution in [-0.2, 0) is 19.2 Å². The van der Waals surface area contributed by atoms with Crippen molar-refractivity contribution in [3.8, 4) is 0 Å². The summed E-state index contributed by atoms with van der Waals surface area (Å²) in [6.45, 7) is -0.324. The van der Waals surface area contributed by atoms with Gasteiger partial charge in [-0.05, 0) is 24.9 Å². The topological polar surface area (TPSA) is 165 Å². The second-order valence-electron chi connectivity index (χ2n) is 4.51. The van der Waals surface area contributed by atoms with Crippen molar-refractivity contribution in [2.45, 2.75) is 31.3 Å². The predicted octanol–water partition coefficient (Wildman–Crippen LogP) is -1.98. The monoisotopic (exact) mass is 334 g/mol. The van der Waals surface area contributed by atoms with Crippen molar-refractivity contribution < 1.29 is 24.3 Å². The summed E-state index contributed by atoms with van der Waals surface area (Å²) in [5.74, 6) is -2.51. The molecule has 9 nitrogen and oxygen atoms in total. The average molecular weight is 334 g/mol. The fraction of sp³-hybridized carbons (Fsp3) is 0.667. The molecule has 0 aliphatic carbocycles. The van der Waals surface area contributed by atoms with E-state index < -0.39 is 35.8 Å². The van der Waals surface area contributed by atoms with Crippen LogP contribution >= 0.6 is 11.8 Å². The SMILES string of the molecule is CSCCC(NC(=O)C(CCC(N)=O)NC(=O)CN)C(=O)O. The molecule has 0 aliphatic heterocycles. The molecule has 3 amide bonds.